The molecule has 1 aromatic heterocycles. The maximum Gasteiger partial charge on any atom is 0.325 e. The number of imidazole rings is 1. The number of benzene rings is 1. The van der Waals surface area contributed by atoms with Crippen molar-refractivity contribution in [3.63, 3.8) is 0 Å². The molecule has 0 aliphatic heterocycles. The molecule has 0 saturated carbocycles. The largest absolute Gasteiger partial charge is 0.508 e. The van der Waals surface area contributed by atoms with Crippen molar-refractivity contribution in [3.05, 3.63) is 48.0 Å². The van der Waals surface area contributed by atoms with Gasteiger partial charge in [-0.1, -0.05) is 12.1 Å². The Morgan fingerprint density at radius 3 is 2.23 bits per heavy atom. The standard InChI is InChI=1S/C24H35N9O6/c1-13(23(38)39)31-21(36)18(3-2-8-29-24(26)27)32-22(37)19(10-15-11-28-12-30-15)33-20(35)17(25)9-14-4-6-16(34)7-5-14/h4-7,11-13,17-19,34H,2-3,8-10,25H2,1H3,(H,28,30)(H,31,36)(H,32,37)(H,33,35)(H,38,39)(H4,26,27,29). The molecule has 0 bridgehead atoms. The number of aromatic amines is 1. The van der Waals surface area contributed by atoms with E-state index in [1.54, 1.807) is 12.1 Å². The van der Waals surface area contributed by atoms with E-state index in [-0.39, 0.29) is 37.5 Å². The fraction of sp³-hybridized carbons (Fsp3) is 0.417. The highest BCUT2D eigenvalue weighted by Crippen LogP contribution is 2.11. The summed E-state index contributed by atoms with van der Waals surface area (Å²) in [6.07, 6.45) is 3.44. The fourth-order valence-electron chi connectivity index (χ4n) is 3.50. The highest BCUT2D eigenvalue weighted by atomic mass is 16.4. The zero-order valence-corrected chi connectivity index (χ0v) is 21.5. The zero-order chi connectivity index (χ0) is 28.9. The molecule has 0 radical (unpaired) electrons. The lowest BCUT2D eigenvalue weighted by Gasteiger charge is -2.24. The van der Waals surface area contributed by atoms with Crippen molar-refractivity contribution < 1.29 is 29.4 Å². The summed E-state index contributed by atoms with van der Waals surface area (Å²) in [6.45, 7) is 1.46. The van der Waals surface area contributed by atoms with E-state index in [0.29, 0.717) is 17.7 Å². The van der Waals surface area contributed by atoms with E-state index in [1.807, 2.05) is 0 Å². The second-order valence-electron chi connectivity index (χ2n) is 8.90. The molecule has 0 saturated heterocycles. The first-order valence-electron chi connectivity index (χ1n) is 12.2. The number of carbonyl (C=O) groups is 4. The van der Waals surface area contributed by atoms with Gasteiger partial charge >= 0.3 is 5.97 Å². The van der Waals surface area contributed by atoms with Crippen molar-refractivity contribution in [2.45, 2.75) is 56.8 Å². The fourth-order valence-corrected chi connectivity index (χ4v) is 3.50. The molecule has 0 spiro atoms. The van der Waals surface area contributed by atoms with Gasteiger partial charge in [0.25, 0.3) is 0 Å². The average Bonchev–Trinajstić information content (AvgIpc) is 3.39. The number of aliphatic carboxylic acids is 1. The van der Waals surface area contributed by atoms with Crippen LogP contribution in [-0.4, -0.2) is 80.5 Å². The molecule has 1 heterocycles. The number of hydrogen-bond donors (Lipinski definition) is 9. The number of carboxylic acid groups (broad SMARTS) is 1. The minimum absolute atomic E-state index is 0.0113. The van der Waals surface area contributed by atoms with E-state index >= 15 is 0 Å². The number of aromatic hydroxyl groups is 1. The predicted octanol–water partition coefficient (Wildman–Crippen LogP) is -2.16. The van der Waals surface area contributed by atoms with Gasteiger partial charge in [0.1, 0.15) is 23.9 Å². The van der Waals surface area contributed by atoms with Crippen LogP contribution in [0.25, 0.3) is 0 Å². The zero-order valence-electron chi connectivity index (χ0n) is 21.5. The van der Waals surface area contributed by atoms with Gasteiger partial charge in [0.15, 0.2) is 5.96 Å². The second-order valence-corrected chi connectivity index (χ2v) is 8.90. The first kappa shape index (κ1) is 30.6. The summed E-state index contributed by atoms with van der Waals surface area (Å²) < 4.78 is 0. The Hall–Kier alpha value is -4.66. The summed E-state index contributed by atoms with van der Waals surface area (Å²) in [6, 6.07) is 1.70. The van der Waals surface area contributed by atoms with Crippen LogP contribution in [-0.2, 0) is 32.0 Å². The molecule has 0 fully saturated rings. The van der Waals surface area contributed by atoms with Crippen LogP contribution in [0.4, 0.5) is 0 Å². The summed E-state index contributed by atoms with van der Waals surface area (Å²) >= 11 is 0. The molecule has 15 heteroatoms. The normalized spacial score (nSPS) is 13.8. The molecule has 212 valence electrons. The molecular formula is C24H35N9O6. The lowest BCUT2D eigenvalue weighted by molar-refractivity contribution is -0.141. The number of nitrogens with one attached hydrogen (secondary N) is 4. The Labute approximate surface area is 224 Å². The smallest absolute Gasteiger partial charge is 0.325 e. The number of hydrogen-bond acceptors (Lipinski definition) is 8. The van der Waals surface area contributed by atoms with Gasteiger partial charge in [0.05, 0.1) is 12.4 Å². The molecule has 4 unspecified atom stereocenters. The Morgan fingerprint density at radius 2 is 1.64 bits per heavy atom. The topological polar surface area (TPSA) is 264 Å². The molecular weight excluding hydrogens is 510 g/mol. The maximum atomic E-state index is 13.3. The predicted molar refractivity (Wildman–Crippen MR) is 141 cm³/mol. The Morgan fingerprint density at radius 1 is 1.00 bits per heavy atom. The number of amides is 3. The summed E-state index contributed by atoms with van der Waals surface area (Å²) in [5.74, 6) is -3.34. The number of phenols is 1. The number of nitrogens with zero attached hydrogens (tertiary/aromatic N) is 2. The van der Waals surface area contributed by atoms with Gasteiger partial charge in [0.2, 0.25) is 17.7 Å². The van der Waals surface area contributed by atoms with Gasteiger partial charge in [-0.2, -0.15) is 0 Å². The quantitative estimate of drug-likeness (QED) is 0.0664. The molecule has 0 aliphatic carbocycles. The number of aromatic nitrogens is 2. The van der Waals surface area contributed by atoms with E-state index in [0.717, 1.165) is 0 Å². The third-order valence-corrected chi connectivity index (χ3v) is 5.65. The average molecular weight is 546 g/mol. The van der Waals surface area contributed by atoms with Gasteiger partial charge < -0.3 is 48.3 Å². The van der Waals surface area contributed by atoms with Crippen molar-refractivity contribution in [1.29, 1.82) is 0 Å². The number of nitrogens with two attached hydrogens (primary N) is 3. The van der Waals surface area contributed by atoms with Crippen molar-refractivity contribution in [2.24, 2.45) is 22.2 Å². The molecule has 2 aromatic rings. The van der Waals surface area contributed by atoms with Crippen molar-refractivity contribution in [1.82, 2.24) is 25.9 Å². The Kier molecular flexibility index (Phi) is 11.7. The van der Waals surface area contributed by atoms with E-state index in [9.17, 15) is 24.3 Å². The number of aliphatic imine (C=N–C) groups is 1. The van der Waals surface area contributed by atoms with E-state index < -0.39 is 47.9 Å². The highest BCUT2D eigenvalue weighted by Gasteiger charge is 2.29. The summed E-state index contributed by atoms with van der Waals surface area (Å²) in [5, 5.41) is 26.1. The summed E-state index contributed by atoms with van der Waals surface area (Å²) in [4.78, 5) is 60.8. The summed E-state index contributed by atoms with van der Waals surface area (Å²) in [5.41, 5.74) is 18.0. The Bertz CT molecular complexity index is 1130. The van der Waals surface area contributed by atoms with E-state index in [2.05, 4.69) is 30.9 Å². The van der Waals surface area contributed by atoms with Gasteiger partial charge in [0, 0.05) is 24.9 Å². The van der Waals surface area contributed by atoms with Crippen molar-refractivity contribution >= 4 is 29.7 Å². The van der Waals surface area contributed by atoms with Crippen LogP contribution in [0.3, 0.4) is 0 Å². The van der Waals surface area contributed by atoms with Crippen LogP contribution in [0.2, 0.25) is 0 Å². The number of H-pyrrole nitrogens is 1. The molecule has 15 nitrogen and oxygen atoms in total. The van der Waals surface area contributed by atoms with Gasteiger partial charge in [-0.25, -0.2) is 4.98 Å². The number of carboxylic acids is 1. The van der Waals surface area contributed by atoms with Gasteiger partial charge in [-0.05, 0) is 43.9 Å². The minimum Gasteiger partial charge on any atom is -0.508 e. The number of phenolic OH excluding ortho intramolecular Hbond substituents is 1. The van der Waals surface area contributed by atoms with E-state index in [1.165, 1.54) is 31.6 Å². The van der Waals surface area contributed by atoms with Crippen LogP contribution >= 0.6 is 0 Å². The maximum absolute atomic E-state index is 13.3. The van der Waals surface area contributed by atoms with Crippen molar-refractivity contribution in [3.8, 4) is 5.75 Å². The first-order valence-corrected chi connectivity index (χ1v) is 12.2. The molecule has 12 N–H and O–H groups in total. The monoisotopic (exact) mass is 545 g/mol. The molecule has 4 atom stereocenters. The molecule has 39 heavy (non-hydrogen) atoms. The van der Waals surface area contributed by atoms with Gasteiger partial charge in [-0.3, -0.25) is 24.2 Å². The molecule has 1 aromatic carbocycles. The molecule has 3 amide bonds. The van der Waals surface area contributed by atoms with Crippen LogP contribution in [0.15, 0.2) is 41.8 Å². The number of carbonyl (C=O) groups excluding carboxylic acids is 3. The lowest BCUT2D eigenvalue weighted by Crippen LogP contribution is -2.57. The minimum atomic E-state index is -1.25. The van der Waals surface area contributed by atoms with Crippen LogP contribution in [0.5, 0.6) is 5.75 Å². The van der Waals surface area contributed by atoms with Crippen molar-refractivity contribution in [2.75, 3.05) is 6.54 Å². The third kappa shape index (κ3) is 10.7. The number of guanidine groups is 1. The molecule has 2 rings (SSSR count). The molecule has 0 aliphatic rings. The first-order chi connectivity index (χ1) is 18.5. The number of rotatable bonds is 15. The van der Waals surface area contributed by atoms with Crippen LogP contribution < -0.4 is 33.2 Å². The van der Waals surface area contributed by atoms with Crippen LogP contribution in [0.1, 0.15) is 31.0 Å². The second kappa shape index (κ2) is 14.9. The Balaban J connectivity index is 2.16. The third-order valence-electron chi connectivity index (χ3n) is 5.65. The van der Waals surface area contributed by atoms with E-state index in [4.69, 9.17) is 22.3 Å². The van der Waals surface area contributed by atoms with Gasteiger partial charge in [-0.15, -0.1) is 0 Å². The lowest BCUT2D eigenvalue weighted by atomic mass is 10.0. The summed E-state index contributed by atoms with van der Waals surface area (Å²) in [7, 11) is 0. The highest BCUT2D eigenvalue weighted by molar-refractivity contribution is 5.94. The van der Waals surface area contributed by atoms with Crippen LogP contribution in [0, 0.1) is 0 Å². The SMILES string of the molecule is CC(NC(=O)C(CCCN=C(N)N)NC(=O)C(Cc1cnc[nH]1)NC(=O)C(N)Cc1ccc(O)cc1)C(=O)O.